The minimum absolute atomic E-state index is 0.0672. The first-order valence-electron chi connectivity index (χ1n) is 8.48. The molecule has 0 radical (unpaired) electrons. The molecular formula is C19H26ClN3O2. The quantitative estimate of drug-likeness (QED) is 0.793. The van der Waals surface area contributed by atoms with Gasteiger partial charge in [0.2, 0.25) is 5.91 Å². The van der Waals surface area contributed by atoms with Crippen molar-refractivity contribution in [1.29, 1.82) is 0 Å². The Labute approximate surface area is 154 Å². The van der Waals surface area contributed by atoms with E-state index in [1.54, 1.807) is 25.3 Å². The van der Waals surface area contributed by atoms with Crippen molar-refractivity contribution in [2.75, 3.05) is 12.4 Å². The lowest BCUT2D eigenvalue weighted by Gasteiger charge is -2.09. The van der Waals surface area contributed by atoms with Gasteiger partial charge in [0.25, 0.3) is 0 Å². The van der Waals surface area contributed by atoms with Gasteiger partial charge in [0.1, 0.15) is 5.75 Å². The van der Waals surface area contributed by atoms with Gasteiger partial charge in [-0.05, 0) is 43.9 Å². The molecule has 1 heterocycles. The summed E-state index contributed by atoms with van der Waals surface area (Å²) >= 11 is 6.16. The van der Waals surface area contributed by atoms with E-state index >= 15 is 0 Å². The molecule has 6 heteroatoms. The van der Waals surface area contributed by atoms with E-state index in [1.807, 2.05) is 11.6 Å². The summed E-state index contributed by atoms with van der Waals surface area (Å²) in [6.07, 6.45) is 1.05. The zero-order valence-electron chi connectivity index (χ0n) is 15.5. The second-order valence-corrected chi connectivity index (χ2v) is 7.03. The SMILES string of the molecule is COc1ccc(NC(=O)CCc2c(C)nn(CC(C)C)c2C)c(Cl)c1. The van der Waals surface area contributed by atoms with E-state index in [4.69, 9.17) is 16.3 Å². The summed E-state index contributed by atoms with van der Waals surface area (Å²) in [6.45, 7) is 9.29. The van der Waals surface area contributed by atoms with Crippen LogP contribution in [0.25, 0.3) is 0 Å². The van der Waals surface area contributed by atoms with Crippen molar-refractivity contribution >= 4 is 23.2 Å². The Morgan fingerprint density at radius 1 is 1.36 bits per heavy atom. The molecule has 1 aromatic carbocycles. The smallest absolute Gasteiger partial charge is 0.224 e. The van der Waals surface area contributed by atoms with Crippen LogP contribution in [0.4, 0.5) is 5.69 Å². The molecule has 1 aromatic heterocycles. The van der Waals surface area contributed by atoms with Gasteiger partial charge in [0.15, 0.2) is 0 Å². The summed E-state index contributed by atoms with van der Waals surface area (Å²) in [6, 6.07) is 5.20. The average Bonchev–Trinajstić information content (AvgIpc) is 2.80. The molecule has 25 heavy (non-hydrogen) atoms. The molecule has 136 valence electrons. The summed E-state index contributed by atoms with van der Waals surface area (Å²) in [5, 5.41) is 7.91. The first-order chi connectivity index (χ1) is 11.8. The largest absolute Gasteiger partial charge is 0.497 e. The fraction of sp³-hybridized carbons (Fsp3) is 0.474. The molecule has 0 bridgehead atoms. The Kier molecular flexibility index (Phi) is 6.48. The standard InChI is InChI=1S/C19H26ClN3O2/c1-12(2)11-23-14(4)16(13(3)22-23)7-9-19(24)21-18-8-6-15(25-5)10-17(18)20/h6,8,10,12H,7,9,11H2,1-5H3,(H,21,24). The van der Waals surface area contributed by atoms with Crippen LogP contribution in [0, 0.1) is 19.8 Å². The predicted molar refractivity (Wildman–Crippen MR) is 101 cm³/mol. The first-order valence-corrected chi connectivity index (χ1v) is 8.85. The topological polar surface area (TPSA) is 56.1 Å². The number of amides is 1. The molecule has 0 atom stereocenters. The highest BCUT2D eigenvalue weighted by Crippen LogP contribution is 2.27. The molecule has 1 amide bonds. The number of halogens is 1. The van der Waals surface area contributed by atoms with Gasteiger partial charge in [-0.2, -0.15) is 5.10 Å². The molecule has 2 rings (SSSR count). The summed E-state index contributed by atoms with van der Waals surface area (Å²) < 4.78 is 7.15. The van der Waals surface area contributed by atoms with Crippen molar-refractivity contribution in [3.63, 3.8) is 0 Å². The number of methoxy groups -OCH3 is 1. The normalized spacial score (nSPS) is 11.0. The number of rotatable bonds is 7. The summed E-state index contributed by atoms with van der Waals surface area (Å²) in [7, 11) is 1.58. The highest BCUT2D eigenvalue weighted by molar-refractivity contribution is 6.33. The maximum Gasteiger partial charge on any atom is 0.224 e. The molecule has 5 nitrogen and oxygen atoms in total. The molecule has 1 N–H and O–H groups in total. The predicted octanol–water partition coefficient (Wildman–Crippen LogP) is 4.39. The molecule has 2 aromatic rings. The van der Waals surface area contributed by atoms with E-state index in [0.29, 0.717) is 35.2 Å². The number of benzene rings is 1. The van der Waals surface area contributed by atoms with E-state index in [2.05, 4.69) is 31.2 Å². The van der Waals surface area contributed by atoms with Gasteiger partial charge < -0.3 is 10.1 Å². The third-order valence-electron chi connectivity index (χ3n) is 4.12. The Hall–Kier alpha value is -2.01. The Morgan fingerprint density at radius 2 is 2.08 bits per heavy atom. The van der Waals surface area contributed by atoms with Crippen LogP contribution >= 0.6 is 11.6 Å². The summed E-state index contributed by atoms with van der Waals surface area (Å²) in [5.41, 5.74) is 3.88. The molecule has 0 saturated carbocycles. The van der Waals surface area contributed by atoms with Gasteiger partial charge in [-0.3, -0.25) is 9.48 Å². The Bertz CT molecular complexity index is 753. The van der Waals surface area contributed by atoms with E-state index < -0.39 is 0 Å². The van der Waals surface area contributed by atoms with Crippen LogP contribution < -0.4 is 10.1 Å². The minimum atomic E-state index is -0.0672. The monoisotopic (exact) mass is 363 g/mol. The van der Waals surface area contributed by atoms with Gasteiger partial charge in [-0.1, -0.05) is 25.4 Å². The first kappa shape index (κ1) is 19.3. The molecule has 0 spiro atoms. The number of nitrogens with zero attached hydrogens (tertiary/aromatic N) is 2. The van der Waals surface area contributed by atoms with Gasteiger partial charge in [-0.25, -0.2) is 0 Å². The fourth-order valence-electron chi connectivity index (χ4n) is 2.79. The van der Waals surface area contributed by atoms with Crippen molar-refractivity contribution < 1.29 is 9.53 Å². The maximum atomic E-state index is 12.3. The number of carbonyl (C=O) groups excluding carboxylic acids is 1. The van der Waals surface area contributed by atoms with Crippen molar-refractivity contribution in [3.8, 4) is 5.75 Å². The van der Waals surface area contributed by atoms with Gasteiger partial charge in [0.05, 0.1) is 23.5 Å². The van der Waals surface area contributed by atoms with Crippen LogP contribution in [-0.2, 0) is 17.8 Å². The highest BCUT2D eigenvalue weighted by atomic mass is 35.5. The lowest BCUT2D eigenvalue weighted by molar-refractivity contribution is -0.116. The van der Waals surface area contributed by atoms with Gasteiger partial charge >= 0.3 is 0 Å². The number of carbonyl (C=O) groups is 1. The second kappa shape index (κ2) is 8.39. The van der Waals surface area contributed by atoms with Crippen molar-refractivity contribution in [3.05, 3.63) is 40.2 Å². The number of anilines is 1. The van der Waals surface area contributed by atoms with Crippen LogP contribution in [0.5, 0.6) is 5.75 Å². The van der Waals surface area contributed by atoms with Gasteiger partial charge in [0, 0.05) is 24.7 Å². The number of ether oxygens (including phenoxy) is 1. The van der Waals surface area contributed by atoms with Crippen LogP contribution in [0.3, 0.4) is 0 Å². The molecule has 0 saturated heterocycles. The summed E-state index contributed by atoms with van der Waals surface area (Å²) in [5.74, 6) is 1.13. The lowest BCUT2D eigenvalue weighted by Crippen LogP contribution is -2.13. The van der Waals surface area contributed by atoms with Crippen LogP contribution in [-0.4, -0.2) is 22.8 Å². The number of aryl methyl sites for hydroxylation is 1. The number of nitrogens with one attached hydrogen (secondary N) is 1. The van der Waals surface area contributed by atoms with Crippen molar-refractivity contribution in [2.45, 2.75) is 47.1 Å². The van der Waals surface area contributed by atoms with Crippen molar-refractivity contribution in [2.24, 2.45) is 5.92 Å². The maximum absolute atomic E-state index is 12.3. The highest BCUT2D eigenvalue weighted by Gasteiger charge is 2.14. The molecule has 0 unspecified atom stereocenters. The second-order valence-electron chi connectivity index (χ2n) is 6.62. The van der Waals surface area contributed by atoms with E-state index in [9.17, 15) is 4.79 Å². The minimum Gasteiger partial charge on any atom is -0.497 e. The molecule has 0 aliphatic heterocycles. The zero-order chi connectivity index (χ0) is 18.6. The molecule has 0 aliphatic rings. The van der Waals surface area contributed by atoms with E-state index in [0.717, 1.165) is 23.5 Å². The number of aromatic nitrogens is 2. The Balaban J connectivity index is 1.99. The molecule has 0 fully saturated rings. The van der Waals surface area contributed by atoms with Crippen molar-refractivity contribution in [1.82, 2.24) is 9.78 Å². The zero-order valence-corrected chi connectivity index (χ0v) is 16.3. The number of hydrogen-bond acceptors (Lipinski definition) is 3. The molecular weight excluding hydrogens is 338 g/mol. The van der Waals surface area contributed by atoms with Crippen LogP contribution in [0.2, 0.25) is 5.02 Å². The summed E-state index contributed by atoms with van der Waals surface area (Å²) in [4.78, 5) is 12.3. The van der Waals surface area contributed by atoms with Crippen LogP contribution in [0.15, 0.2) is 18.2 Å². The van der Waals surface area contributed by atoms with Gasteiger partial charge in [-0.15, -0.1) is 0 Å². The lowest BCUT2D eigenvalue weighted by atomic mass is 10.1. The van der Waals surface area contributed by atoms with E-state index in [-0.39, 0.29) is 5.91 Å². The average molecular weight is 364 g/mol. The third kappa shape index (κ3) is 4.98. The molecule has 0 aliphatic carbocycles. The fourth-order valence-corrected chi connectivity index (χ4v) is 3.01. The third-order valence-corrected chi connectivity index (χ3v) is 4.43. The Morgan fingerprint density at radius 3 is 2.68 bits per heavy atom. The van der Waals surface area contributed by atoms with E-state index in [1.165, 1.54) is 0 Å². The number of hydrogen-bond donors (Lipinski definition) is 1. The van der Waals surface area contributed by atoms with Crippen LogP contribution in [0.1, 0.15) is 37.2 Å².